The number of hydrogen-bond acceptors (Lipinski definition) is 5. The van der Waals surface area contributed by atoms with Gasteiger partial charge in [-0.3, -0.25) is 4.79 Å². The summed E-state index contributed by atoms with van der Waals surface area (Å²) in [4.78, 5) is 15.2. The van der Waals surface area contributed by atoms with Crippen molar-refractivity contribution >= 4 is 50.5 Å². The van der Waals surface area contributed by atoms with Crippen LogP contribution in [0.25, 0.3) is 0 Å². The number of nitrogens with one attached hydrogen (secondary N) is 1. The Bertz CT molecular complexity index is 1080. The summed E-state index contributed by atoms with van der Waals surface area (Å²) in [5.74, 6) is -0.363. The second-order valence-corrected chi connectivity index (χ2v) is 10.5. The van der Waals surface area contributed by atoms with Crippen LogP contribution in [0.3, 0.4) is 0 Å². The number of rotatable bonds is 5. The molecule has 2 aromatic carbocycles. The molecule has 0 atom stereocenters. The Balaban J connectivity index is 1.41. The molecule has 0 bridgehead atoms. The average molecular weight is 498 g/mol. The minimum absolute atomic E-state index is 0.00555. The van der Waals surface area contributed by atoms with Crippen molar-refractivity contribution in [3.8, 4) is 0 Å². The number of morpholine rings is 1. The van der Waals surface area contributed by atoms with Crippen molar-refractivity contribution in [1.29, 1.82) is 0 Å². The number of hydrogen-bond donors (Lipinski definition) is 1. The number of carbonyl (C=O) groups is 1. The molecular weight excluding hydrogens is 473 g/mol. The number of ether oxygens (including phenoxy) is 1. The number of carbonyl (C=O) groups excluding carboxylic acids is 1. The highest BCUT2D eigenvalue weighted by molar-refractivity contribution is 7.89. The van der Waals surface area contributed by atoms with Crippen molar-refractivity contribution in [2.24, 2.45) is 5.92 Å². The normalized spacial score (nSPS) is 18.5. The monoisotopic (exact) mass is 497 g/mol. The summed E-state index contributed by atoms with van der Waals surface area (Å²) in [5.41, 5.74) is 1.74. The van der Waals surface area contributed by atoms with E-state index in [1.807, 2.05) is 24.3 Å². The topological polar surface area (TPSA) is 79.0 Å². The first kappa shape index (κ1) is 23.3. The number of sulfonamides is 1. The van der Waals surface area contributed by atoms with Crippen molar-refractivity contribution in [3.63, 3.8) is 0 Å². The molecule has 0 aromatic heterocycles. The van der Waals surface area contributed by atoms with Crippen LogP contribution in [0.2, 0.25) is 10.0 Å². The van der Waals surface area contributed by atoms with Crippen molar-refractivity contribution in [2.75, 3.05) is 49.6 Å². The Kier molecular flexibility index (Phi) is 7.27. The minimum Gasteiger partial charge on any atom is -0.378 e. The first-order valence-corrected chi connectivity index (χ1v) is 12.7. The van der Waals surface area contributed by atoms with Crippen LogP contribution in [0.5, 0.6) is 0 Å². The fraction of sp³-hybridized carbons (Fsp3) is 0.409. The first-order chi connectivity index (χ1) is 15.4. The third-order valence-electron chi connectivity index (χ3n) is 5.87. The van der Waals surface area contributed by atoms with Gasteiger partial charge in [-0.1, -0.05) is 41.4 Å². The molecule has 0 spiro atoms. The molecule has 0 saturated carbocycles. The molecule has 2 aliphatic heterocycles. The zero-order chi connectivity index (χ0) is 22.7. The third kappa shape index (κ3) is 4.89. The fourth-order valence-corrected chi connectivity index (χ4v) is 6.28. The third-order valence-corrected chi connectivity index (χ3v) is 8.74. The molecule has 2 heterocycles. The molecule has 2 aliphatic rings. The molecule has 0 radical (unpaired) electrons. The molecule has 10 heteroatoms. The lowest BCUT2D eigenvalue weighted by molar-refractivity contribution is -0.120. The van der Waals surface area contributed by atoms with Crippen LogP contribution < -0.4 is 10.2 Å². The van der Waals surface area contributed by atoms with E-state index in [1.54, 1.807) is 12.1 Å². The van der Waals surface area contributed by atoms with Gasteiger partial charge in [-0.25, -0.2) is 8.42 Å². The number of para-hydroxylation sites is 2. The van der Waals surface area contributed by atoms with Gasteiger partial charge in [0, 0.05) is 32.1 Å². The fourth-order valence-electron chi connectivity index (χ4n) is 4.07. The van der Waals surface area contributed by atoms with Crippen molar-refractivity contribution in [2.45, 2.75) is 17.7 Å². The standard InChI is InChI=1S/C22H25Cl2N3O4S/c23-17-4-3-7-20(21(17)24)32(29,30)27-10-8-16(9-11-27)22(28)25-18-5-1-2-6-19(18)26-12-14-31-15-13-26/h1-7,16H,8-15H2,(H,25,28). The van der Waals surface area contributed by atoms with Gasteiger partial charge in [-0.05, 0) is 37.1 Å². The highest BCUT2D eigenvalue weighted by Crippen LogP contribution is 2.33. The quantitative estimate of drug-likeness (QED) is 0.678. The SMILES string of the molecule is O=C(Nc1ccccc1N1CCOCC1)C1CCN(S(=O)(=O)c2cccc(Cl)c2Cl)CC1. The average Bonchev–Trinajstić information content (AvgIpc) is 2.81. The lowest BCUT2D eigenvalue weighted by Gasteiger charge is -2.32. The smallest absolute Gasteiger partial charge is 0.244 e. The van der Waals surface area contributed by atoms with Crippen LogP contribution in [0.15, 0.2) is 47.4 Å². The highest BCUT2D eigenvalue weighted by atomic mass is 35.5. The van der Waals surface area contributed by atoms with Gasteiger partial charge in [0.15, 0.2) is 0 Å². The molecule has 32 heavy (non-hydrogen) atoms. The predicted molar refractivity (Wildman–Crippen MR) is 126 cm³/mol. The maximum atomic E-state index is 13.0. The van der Waals surface area contributed by atoms with E-state index in [1.165, 1.54) is 10.4 Å². The molecule has 2 fully saturated rings. The largest absolute Gasteiger partial charge is 0.378 e. The van der Waals surface area contributed by atoms with E-state index < -0.39 is 10.0 Å². The minimum atomic E-state index is -3.78. The number of amides is 1. The lowest BCUT2D eigenvalue weighted by Crippen LogP contribution is -2.41. The Morgan fingerprint density at radius 1 is 0.969 bits per heavy atom. The summed E-state index contributed by atoms with van der Waals surface area (Å²) in [6.07, 6.45) is 0.867. The maximum Gasteiger partial charge on any atom is 0.244 e. The summed E-state index contributed by atoms with van der Waals surface area (Å²) >= 11 is 12.1. The number of halogens is 2. The Hall–Kier alpha value is -1.84. The van der Waals surface area contributed by atoms with Crippen LogP contribution >= 0.6 is 23.2 Å². The van der Waals surface area contributed by atoms with Crippen LogP contribution in [0.1, 0.15) is 12.8 Å². The van der Waals surface area contributed by atoms with E-state index in [-0.39, 0.29) is 39.9 Å². The molecule has 7 nitrogen and oxygen atoms in total. The molecule has 172 valence electrons. The van der Waals surface area contributed by atoms with Gasteiger partial charge in [0.1, 0.15) is 4.90 Å². The van der Waals surface area contributed by atoms with Crippen molar-refractivity contribution in [3.05, 3.63) is 52.5 Å². The summed E-state index contributed by atoms with van der Waals surface area (Å²) < 4.78 is 32.8. The molecule has 0 aliphatic carbocycles. The first-order valence-electron chi connectivity index (χ1n) is 10.5. The zero-order valence-electron chi connectivity index (χ0n) is 17.5. The number of benzene rings is 2. The molecule has 1 amide bonds. The molecule has 2 saturated heterocycles. The second kappa shape index (κ2) is 9.97. The van der Waals surface area contributed by atoms with Crippen LogP contribution in [-0.2, 0) is 19.6 Å². The van der Waals surface area contributed by atoms with E-state index in [9.17, 15) is 13.2 Å². The summed E-state index contributed by atoms with van der Waals surface area (Å²) in [7, 11) is -3.78. The van der Waals surface area contributed by atoms with Gasteiger partial charge >= 0.3 is 0 Å². The number of anilines is 2. The van der Waals surface area contributed by atoms with Crippen molar-refractivity contribution < 1.29 is 17.9 Å². The molecule has 0 unspecified atom stereocenters. The lowest BCUT2D eigenvalue weighted by atomic mass is 9.97. The van der Waals surface area contributed by atoms with E-state index in [2.05, 4.69) is 10.2 Å². The van der Waals surface area contributed by atoms with Gasteiger partial charge < -0.3 is 15.0 Å². The summed E-state index contributed by atoms with van der Waals surface area (Å²) in [6.45, 7) is 3.35. The number of piperidine rings is 1. The van der Waals surface area contributed by atoms with Gasteiger partial charge in [0.05, 0.1) is 34.6 Å². The van der Waals surface area contributed by atoms with E-state index >= 15 is 0 Å². The van der Waals surface area contributed by atoms with E-state index in [4.69, 9.17) is 27.9 Å². The van der Waals surface area contributed by atoms with Gasteiger partial charge in [-0.2, -0.15) is 4.31 Å². The molecule has 1 N–H and O–H groups in total. The van der Waals surface area contributed by atoms with E-state index in [0.29, 0.717) is 26.1 Å². The Morgan fingerprint density at radius 2 is 1.66 bits per heavy atom. The molecule has 2 aromatic rings. The highest BCUT2D eigenvalue weighted by Gasteiger charge is 2.33. The van der Waals surface area contributed by atoms with Crippen LogP contribution in [0.4, 0.5) is 11.4 Å². The van der Waals surface area contributed by atoms with Crippen LogP contribution in [-0.4, -0.2) is 58.0 Å². The molecular formula is C22H25Cl2N3O4S. The van der Waals surface area contributed by atoms with Gasteiger partial charge in [0.25, 0.3) is 0 Å². The maximum absolute atomic E-state index is 13.0. The summed E-state index contributed by atoms with van der Waals surface area (Å²) in [6, 6.07) is 12.3. The Labute approximate surface area is 198 Å². The predicted octanol–water partition coefficient (Wildman–Crippen LogP) is 3.87. The Morgan fingerprint density at radius 3 is 2.38 bits per heavy atom. The number of nitrogens with zero attached hydrogens (tertiary/aromatic N) is 2. The van der Waals surface area contributed by atoms with Gasteiger partial charge in [0.2, 0.25) is 15.9 Å². The van der Waals surface area contributed by atoms with Crippen molar-refractivity contribution in [1.82, 2.24) is 4.31 Å². The summed E-state index contributed by atoms with van der Waals surface area (Å²) in [5, 5.41) is 3.27. The van der Waals surface area contributed by atoms with Gasteiger partial charge in [-0.15, -0.1) is 0 Å². The second-order valence-electron chi connectivity index (χ2n) is 7.84. The van der Waals surface area contributed by atoms with Crippen LogP contribution in [0, 0.1) is 5.92 Å². The van der Waals surface area contributed by atoms with E-state index in [0.717, 1.165) is 24.5 Å². The molecule has 4 rings (SSSR count). The zero-order valence-corrected chi connectivity index (χ0v) is 19.8.